The summed E-state index contributed by atoms with van der Waals surface area (Å²) in [7, 11) is 1.09. The molecule has 3 nitrogen and oxygen atoms in total. The summed E-state index contributed by atoms with van der Waals surface area (Å²) in [4.78, 5) is 10.9. The molecule has 0 bridgehead atoms. The highest BCUT2D eigenvalue weighted by atomic mass is 19.4. The Morgan fingerprint density at radius 2 is 2.06 bits per heavy atom. The monoisotopic (exact) mass is 234 g/mol. The zero-order valence-corrected chi connectivity index (χ0v) is 8.34. The lowest BCUT2D eigenvalue weighted by molar-refractivity contribution is -0.141. The minimum atomic E-state index is -4.61. The van der Waals surface area contributed by atoms with Gasteiger partial charge in [0.05, 0.1) is 19.1 Å². The highest BCUT2D eigenvalue weighted by molar-refractivity contribution is 5.73. The zero-order chi connectivity index (χ0) is 12.3. The molecule has 0 saturated carbocycles. The van der Waals surface area contributed by atoms with Crippen molar-refractivity contribution in [2.24, 2.45) is 0 Å². The lowest BCUT2D eigenvalue weighted by Crippen LogP contribution is -2.13. The molecule has 0 saturated heterocycles. The van der Waals surface area contributed by atoms with Gasteiger partial charge in [0.2, 0.25) is 0 Å². The zero-order valence-electron chi connectivity index (χ0n) is 8.34. The van der Waals surface area contributed by atoms with Crippen LogP contribution >= 0.6 is 0 Å². The smallest absolute Gasteiger partial charge is 0.416 e. The Balaban J connectivity index is 3.13. The van der Waals surface area contributed by atoms with Crippen molar-refractivity contribution >= 4 is 5.97 Å². The van der Waals surface area contributed by atoms with Gasteiger partial charge in [-0.1, -0.05) is 6.07 Å². The van der Waals surface area contributed by atoms with E-state index < -0.39 is 29.9 Å². The number of aromatic hydroxyl groups is 1. The second-order valence-electron chi connectivity index (χ2n) is 3.09. The molecule has 0 spiro atoms. The van der Waals surface area contributed by atoms with Crippen LogP contribution in [0.5, 0.6) is 5.75 Å². The SMILES string of the molecule is COC(=O)Cc1ccc(O)cc1C(F)(F)F. The number of hydrogen-bond donors (Lipinski definition) is 1. The number of ether oxygens (including phenoxy) is 1. The van der Waals surface area contributed by atoms with E-state index in [0.717, 1.165) is 19.2 Å². The van der Waals surface area contributed by atoms with Gasteiger partial charge in [-0.15, -0.1) is 0 Å². The van der Waals surface area contributed by atoms with E-state index in [1.165, 1.54) is 0 Å². The number of rotatable bonds is 2. The molecule has 1 rings (SSSR count). The first kappa shape index (κ1) is 12.4. The average Bonchev–Trinajstić information content (AvgIpc) is 2.19. The number of halogens is 3. The van der Waals surface area contributed by atoms with Crippen LogP contribution in [0.2, 0.25) is 0 Å². The molecule has 16 heavy (non-hydrogen) atoms. The number of carbonyl (C=O) groups excluding carboxylic acids is 1. The highest BCUT2D eigenvalue weighted by Crippen LogP contribution is 2.34. The summed E-state index contributed by atoms with van der Waals surface area (Å²) in [6, 6.07) is 2.72. The van der Waals surface area contributed by atoms with Crippen LogP contribution in [0.3, 0.4) is 0 Å². The molecule has 0 heterocycles. The van der Waals surface area contributed by atoms with E-state index in [-0.39, 0.29) is 5.56 Å². The lowest BCUT2D eigenvalue weighted by atomic mass is 10.0. The van der Waals surface area contributed by atoms with Crippen LogP contribution < -0.4 is 0 Å². The molecule has 0 atom stereocenters. The van der Waals surface area contributed by atoms with E-state index >= 15 is 0 Å². The van der Waals surface area contributed by atoms with Gasteiger partial charge in [-0.05, 0) is 17.7 Å². The van der Waals surface area contributed by atoms with Crippen LogP contribution in [-0.2, 0) is 22.1 Å². The number of phenols is 1. The third-order valence-corrected chi connectivity index (χ3v) is 1.96. The number of benzene rings is 1. The van der Waals surface area contributed by atoms with Crippen molar-refractivity contribution in [3.8, 4) is 5.75 Å². The van der Waals surface area contributed by atoms with Crippen LogP contribution in [0.1, 0.15) is 11.1 Å². The van der Waals surface area contributed by atoms with Crippen molar-refractivity contribution in [1.82, 2.24) is 0 Å². The van der Waals surface area contributed by atoms with Gasteiger partial charge in [-0.3, -0.25) is 4.79 Å². The third-order valence-electron chi connectivity index (χ3n) is 1.96. The quantitative estimate of drug-likeness (QED) is 0.797. The Labute approximate surface area is 89.5 Å². The molecular formula is C10H9F3O3. The van der Waals surface area contributed by atoms with Crippen LogP contribution in [0.4, 0.5) is 13.2 Å². The molecule has 1 N–H and O–H groups in total. The normalized spacial score (nSPS) is 11.2. The molecule has 0 aliphatic heterocycles. The Kier molecular flexibility index (Phi) is 3.41. The van der Waals surface area contributed by atoms with Crippen LogP contribution in [0.25, 0.3) is 0 Å². The van der Waals surface area contributed by atoms with Gasteiger partial charge in [-0.2, -0.15) is 13.2 Å². The lowest BCUT2D eigenvalue weighted by Gasteiger charge is -2.12. The summed E-state index contributed by atoms with van der Waals surface area (Å²) in [5, 5.41) is 8.98. The van der Waals surface area contributed by atoms with Crippen LogP contribution in [-0.4, -0.2) is 18.2 Å². The number of esters is 1. The largest absolute Gasteiger partial charge is 0.508 e. The Bertz CT molecular complexity index is 399. The second kappa shape index (κ2) is 4.42. The van der Waals surface area contributed by atoms with E-state index in [9.17, 15) is 18.0 Å². The summed E-state index contributed by atoms with van der Waals surface area (Å²) < 4.78 is 41.8. The van der Waals surface area contributed by atoms with Gasteiger partial charge >= 0.3 is 12.1 Å². The van der Waals surface area contributed by atoms with Gasteiger partial charge in [0, 0.05) is 0 Å². The van der Waals surface area contributed by atoms with Gasteiger partial charge in [0.25, 0.3) is 0 Å². The van der Waals surface area contributed by atoms with Gasteiger partial charge in [-0.25, -0.2) is 0 Å². The molecule has 0 aliphatic carbocycles. The molecule has 0 fully saturated rings. The molecule has 1 aromatic carbocycles. The number of carbonyl (C=O) groups is 1. The van der Waals surface area contributed by atoms with Gasteiger partial charge in [0.1, 0.15) is 5.75 Å². The predicted octanol–water partition coefficient (Wildman–Crippen LogP) is 2.13. The second-order valence-corrected chi connectivity index (χ2v) is 3.09. The Morgan fingerprint density at radius 1 is 1.44 bits per heavy atom. The van der Waals surface area contributed by atoms with Crippen molar-refractivity contribution in [1.29, 1.82) is 0 Å². The van der Waals surface area contributed by atoms with Crippen molar-refractivity contribution in [2.45, 2.75) is 12.6 Å². The molecule has 0 amide bonds. The summed E-state index contributed by atoms with van der Waals surface area (Å²) in [6.07, 6.45) is -5.09. The topological polar surface area (TPSA) is 46.5 Å². The van der Waals surface area contributed by atoms with Gasteiger partial charge in [0.15, 0.2) is 0 Å². The van der Waals surface area contributed by atoms with E-state index in [0.29, 0.717) is 6.07 Å². The molecule has 88 valence electrons. The first-order valence-electron chi connectivity index (χ1n) is 4.30. The molecule has 0 aromatic heterocycles. The van der Waals surface area contributed by atoms with Crippen molar-refractivity contribution in [2.75, 3.05) is 7.11 Å². The van der Waals surface area contributed by atoms with Crippen LogP contribution in [0, 0.1) is 0 Å². The summed E-state index contributed by atoms with van der Waals surface area (Å²) in [5.41, 5.74) is -1.25. The van der Waals surface area contributed by atoms with Crippen molar-refractivity contribution < 1.29 is 27.8 Å². The first-order chi connectivity index (χ1) is 7.34. The number of alkyl halides is 3. The third kappa shape index (κ3) is 2.88. The van der Waals surface area contributed by atoms with Crippen molar-refractivity contribution in [3.05, 3.63) is 29.3 Å². The fourth-order valence-electron chi connectivity index (χ4n) is 1.21. The number of methoxy groups -OCH3 is 1. The maximum absolute atomic E-state index is 12.5. The van der Waals surface area contributed by atoms with Gasteiger partial charge < -0.3 is 9.84 Å². The molecule has 1 aromatic rings. The maximum Gasteiger partial charge on any atom is 0.416 e. The summed E-state index contributed by atoms with van der Waals surface area (Å²) >= 11 is 0. The Hall–Kier alpha value is -1.72. The maximum atomic E-state index is 12.5. The standard InChI is InChI=1S/C10H9F3O3/c1-16-9(15)4-6-2-3-7(14)5-8(6)10(11,12)13/h2-3,5,14H,4H2,1H3. The van der Waals surface area contributed by atoms with E-state index in [1.807, 2.05) is 0 Å². The number of hydrogen-bond acceptors (Lipinski definition) is 3. The number of phenolic OH excluding ortho intramolecular Hbond substituents is 1. The van der Waals surface area contributed by atoms with Crippen molar-refractivity contribution in [3.63, 3.8) is 0 Å². The Morgan fingerprint density at radius 3 is 2.56 bits per heavy atom. The minimum Gasteiger partial charge on any atom is -0.508 e. The van der Waals surface area contributed by atoms with E-state index in [2.05, 4.69) is 4.74 Å². The predicted molar refractivity (Wildman–Crippen MR) is 48.8 cm³/mol. The summed E-state index contributed by atoms with van der Waals surface area (Å²) in [5.74, 6) is -1.27. The van der Waals surface area contributed by atoms with Crippen LogP contribution in [0.15, 0.2) is 18.2 Å². The molecular weight excluding hydrogens is 225 g/mol. The molecule has 0 radical (unpaired) electrons. The van der Waals surface area contributed by atoms with E-state index in [4.69, 9.17) is 5.11 Å². The molecule has 0 aliphatic rings. The fourth-order valence-corrected chi connectivity index (χ4v) is 1.21. The summed E-state index contributed by atoms with van der Waals surface area (Å²) in [6.45, 7) is 0. The molecule has 0 unspecified atom stereocenters. The average molecular weight is 234 g/mol. The highest BCUT2D eigenvalue weighted by Gasteiger charge is 2.34. The minimum absolute atomic E-state index is 0.225. The fraction of sp³-hybridized carbons (Fsp3) is 0.300. The van der Waals surface area contributed by atoms with E-state index in [1.54, 1.807) is 0 Å². The molecule has 6 heteroatoms. The first-order valence-corrected chi connectivity index (χ1v) is 4.30.